The highest BCUT2D eigenvalue weighted by molar-refractivity contribution is 5.82. The smallest absolute Gasteiger partial charge is 0.0963 e. The van der Waals surface area contributed by atoms with Crippen molar-refractivity contribution in [3.05, 3.63) is 30.1 Å². The molecule has 1 aromatic rings. The van der Waals surface area contributed by atoms with Crippen LogP contribution in [0.4, 0.5) is 0 Å². The van der Waals surface area contributed by atoms with Crippen molar-refractivity contribution in [2.45, 2.75) is 26.7 Å². The monoisotopic (exact) mass is 235 g/mol. The molecule has 0 amide bonds. The van der Waals surface area contributed by atoms with E-state index >= 15 is 0 Å². The van der Waals surface area contributed by atoms with E-state index in [4.69, 9.17) is 15.9 Å². The summed E-state index contributed by atoms with van der Waals surface area (Å²) in [5, 5.41) is 7.42. The Morgan fingerprint density at radius 2 is 2.18 bits per heavy atom. The molecule has 1 heterocycles. The maximum absolute atomic E-state index is 7.42. The predicted molar refractivity (Wildman–Crippen MR) is 69.1 cm³/mol. The molecule has 0 saturated carbocycles. The van der Waals surface area contributed by atoms with Crippen LogP contribution in [0.2, 0.25) is 0 Å². The van der Waals surface area contributed by atoms with Crippen LogP contribution in [0.25, 0.3) is 0 Å². The van der Waals surface area contributed by atoms with E-state index in [1.165, 1.54) is 0 Å². The Bertz CT molecular complexity index is 349. The number of amidine groups is 1. The normalized spacial score (nSPS) is 11.4. The van der Waals surface area contributed by atoms with E-state index in [1.807, 2.05) is 32.0 Å². The molecule has 4 nitrogen and oxygen atoms in total. The van der Waals surface area contributed by atoms with E-state index in [2.05, 4.69) is 4.98 Å². The molecule has 0 fully saturated rings. The highest BCUT2D eigenvalue weighted by Crippen LogP contribution is 2.19. The average Bonchev–Trinajstić information content (AvgIpc) is 2.29. The number of hydrogen-bond donors (Lipinski definition) is 2. The minimum Gasteiger partial charge on any atom is -0.387 e. The number of nitrogens with zero attached hydrogens (tertiary/aromatic N) is 1. The predicted octanol–water partition coefficient (Wildman–Crippen LogP) is 1.99. The second kappa shape index (κ2) is 6.35. The third-order valence-electron chi connectivity index (χ3n) is 2.83. The van der Waals surface area contributed by atoms with E-state index < -0.39 is 0 Å². The van der Waals surface area contributed by atoms with Gasteiger partial charge in [0, 0.05) is 30.3 Å². The number of hydrogen-bond acceptors (Lipinski definition) is 3. The summed E-state index contributed by atoms with van der Waals surface area (Å²) in [5.41, 5.74) is 6.26. The Morgan fingerprint density at radius 1 is 1.41 bits per heavy atom. The van der Waals surface area contributed by atoms with Gasteiger partial charge >= 0.3 is 0 Å². The molecule has 94 valence electrons. The Labute approximate surface area is 103 Å². The van der Waals surface area contributed by atoms with Gasteiger partial charge in [-0.05, 0) is 18.6 Å². The summed E-state index contributed by atoms with van der Waals surface area (Å²) in [5.74, 6) is 0.214. The summed E-state index contributed by atoms with van der Waals surface area (Å²) < 4.78 is 5.53. The zero-order valence-corrected chi connectivity index (χ0v) is 10.6. The Hall–Kier alpha value is -1.42. The van der Waals surface area contributed by atoms with Gasteiger partial charge in [0.25, 0.3) is 0 Å². The third-order valence-corrected chi connectivity index (χ3v) is 2.83. The minimum atomic E-state index is -0.273. The molecule has 4 heteroatoms. The third kappa shape index (κ3) is 4.95. The fourth-order valence-electron chi connectivity index (χ4n) is 1.29. The van der Waals surface area contributed by atoms with Crippen LogP contribution < -0.4 is 5.73 Å². The van der Waals surface area contributed by atoms with E-state index in [0.29, 0.717) is 13.2 Å². The van der Waals surface area contributed by atoms with Crippen molar-refractivity contribution in [1.29, 1.82) is 5.41 Å². The first-order valence-corrected chi connectivity index (χ1v) is 5.84. The van der Waals surface area contributed by atoms with Crippen LogP contribution in [0.15, 0.2) is 24.4 Å². The van der Waals surface area contributed by atoms with Crippen LogP contribution in [0.1, 0.15) is 26.0 Å². The number of nitrogens with two attached hydrogens (primary N) is 1. The summed E-state index contributed by atoms with van der Waals surface area (Å²) in [4.78, 5) is 4.22. The maximum atomic E-state index is 7.42. The van der Waals surface area contributed by atoms with E-state index in [9.17, 15) is 0 Å². The average molecular weight is 235 g/mol. The van der Waals surface area contributed by atoms with E-state index in [-0.39, 0.29) is 11.3 Å². The lowest BCUT2D eigenvalue weighted by molar-refractivity contribution is 0.118. The first kappa shape index (κ1) is 13.6. The topological polar surface area (TPSA) is 72.0 Å². The number of nitrogens with one attached hydrogen (secondary N) is 1. The molecule has 0 radical (unpaired) electrons. The fourth-order valence-corrected chi connectivity index (χ4v) is 1.29. The maximum Gasteiger partial charge on any atom is 0.0963 e. The van der Waals surface area contributed by atoms with Crippen LogP contribution >= 0.6 is 0 Å². The van der Waals surface area contributed by atoms with E-state index in [1.54, 1.807) is 6.20 Å². The van der Waals surface area contributed by atoms with Crippen molar-refractivity contribution in [3.63, 3.8) is 0 Å². The SMILES string of the molecule is CC(C)(CCOCCc1ccccn1)C(=N)N. The quantitative estimate of drug-likeness (QED) is 0.431. The van der Waals surface area contributed by atoms with Crippen molar-refractivity contribution in [1.82, 2.24) is 4.98 Å². The largest absolute Gasteiger partial charge is 0.387 e. The van der Waals surface area contributed by atoms with Crippen molar-refractivity contribution < 1.29 is 4.74 Å². The van der Waals surface area contributed by atoms with Gasteiger partial charge in [0.1, 0.15) is 0 Å². The molecule has 0 spiro atoms. The molecule has 0 aromatic carbocycles. The molecule has 0 aliphatic heterocycles. The van der Waals surface area contributed by atoms with Gasteiger partial charge in [-0.25, -0.2) is 0 Å². The summed E-state index contributed by atoms with van der Waals surface area (Å²) in [6.45, 7) is 5.19. The van der Waals surface area contributed by atoms with Crippen LogP contribution in [0, 0.1) is 10.8 Å². The second-order valence-electron chi connectivity index (χ2n) is 4.73. The van der Waals surface area contributed by atoms with Gasteiger partial charge in [-0.1, -0.05) is 19.9 Å². The standard InChI is InChI=1S/C13H21N3O/c1-13(2,12(14)15)7-10-17-9-6-11-5-3-4-8-16-11/h3-5,8H,6-7,9-10H2,1-2H3,(H3,14,15). The lowest BCUT2D eigenvalue weighted by atomic mass is 9.89. The zero-order chi connectivity index (χ0) is 12.7. The Kier molecular flexibility index (Phi) is 5.10. The fraction of sp³-hybridized carbons (Fsp3) is 0.538. The van der Waals surface area contributed by atoms with Crippen LogP contribution in [0.3, 0.4) is 0 Å². The molecule has 0 saturated heterocycles. The molecule has 1 rings (SSSR count). The molecular weight excluding hydrogens is 214 g/mol. The van der Waals surface area contributed by atoms with Gasteiger partial charge in [-0.3, -0.25) is 10.4 Å². The Balaban J connectivity index is 2.15. The lowest BCUT2D eigenvalue weighted by Crippen LogP contribution is -2.32. The summed E-state index contributed by atoms with van der Waals surface area (Å²) >= 11 is 0. The molecule has 1 aromatic heterocycles. The number of rotatable bonds is 7. The highest BCUT2D eigenvalue weighted by Gasteiger charge is 2.20. The van der Waals surface area contributed by atoms with Gasteiger partial charge in [0.05, 0.1) is 12.4 Å². The molecule has 0 atom stereocenters. The number of ether oxygens (including phenoxy) is 1. The van der Waals surface area contributed by atoms with Crippen LogP contribution in [-0.2, 0) is 11.2 Å². The van der Waals surface area contributed by atoms with Gasteiger partial charge in [0.15, 0.2) is 0 Å². The number of aromatic nitrogens is 1. The first-order chi connectivity index (χ1) is 8.02. The minimum absolute atomic E-state index is 0.214. The molecule has 17 heavy (non-hydrogen) atoms. The highest BCUT2D eigenvalue weighted by atomic mass is 16.5. The second-order valence-corrected chi connectivity index (χ2v) is 4.73. The number of pyridine rings is 1. The molecule has 0 aliphatic rings. The molecular formula is C13H21N3O. The molecule has 0 bridgehead atoms. The Morgan fingerprint density at radius 3 is 2.76 bits per heavy atom. The van der Waals surface area contributed by atoms with Crippen molar-refractivity contribution in [3.8, 4) is 0 Å². The van der Waals surface area contributed by atoms with Crippen molar-refractivity contribution >= 4 is 5.84 Å². The summed E-state index contributed by atoms with van der Waals surface area (Å²) in [6, 6.07) is 5.86. The summed E-state index contributed by atoms with van der Waals surface area (Å²) in [7, 11) is 0. The van der Waals surface area contributed by atoms with Crippen LogP contribution in [0.5, 0.6) is 0 Å². The van der Waals surface area contributed by atoms with Gasteiger partial charge in [0.2, 0.25) is 0 Å². The van der Waals surface area contributed by atoms with Gasteiger partial charge in [-0.2, -0.15) is 0 Å². The zero-order valence-electron chi connectivity index (χ0n) is 10.6. The molecule has 3 N–H and O–H groups in total. The van der Waals surface area contributed by atoms with Crippen LogP contribution in [-0.4, -0.2) is 24.0 Å². The molecule has 0 unspecified atom stereocenters. The van der Waals surface area contributed by atoms with Gasteiger partial charge in [-0.15, -0.1) is 0 Å². The lowest BCUT2D eigenvalue weighted by Gasteiger charge is -2.22. The van der Waals surface area contributed by atoms with Crippen molar-refractivity contribution in [2.24, 2.45) is 11.1 Å². The first-order valence-electron chi connectivity index (χ1n) is 5.84. The summed E-state index contributed by atoms with van der Waals surface area (Å²) in [6.07, 6.45) is 3.38. The van der Waals surface area contributed by atoms with Gasteiger partial charge < -0.3 is 10.5 Å². The molecule has 0 aliphatic carbocycles. The van der Waals surface area contributed by atoms with E-state index in [0.717, 1.165) is 18.5 Å². The van der Waals surface area contributed by atoms with Crippen molar-refractivity contribution in [2.75, 3.05) is 13.2 Å².